The lowest BCUT2D eigenvalue weighted by Gasteiger charge is -2.53. The summed E-state index contributed by atoms with van der Waals surface area (Å²) in [7, 11) is 0. The SMILES string of the molecule is CC(C)n1cc(CN2CC3(C[C@@H](Oc4cccnc4)CCO3)C2)cn1. The first kappa shape index (κ1) is 16.5. The van der Waals surface area contributed by atoms with Crippen molar-refractivity contribution in [2.75, 3.05) is 19.7 Å². The fraction of sp³-hybridized carbons (Fsp3) is 0.579. The van der Waals surface area contributed by atoms with E-state index in [1.807, 2.05) is 23.0 Å². The molecule has 2 fully saturated rings. The Hall–Kier alpha value is -1.92. The van der Waals surface area contributed by atoms with Crippen LogP contribution in [0.25, 0.3) is 0 Å². The van der Waals surface area contributed by atoms with Gasteiger partial charge in [-0.3, -0.25) is 14.6 Å². The molecule has 2 aromatic rings. The van der Waals surface area contributed by atoms with Gasteiger partial charge in [-0.05, 0) is 26.0 Å². The van der Waals surface area contributed by atoms with Gasteiger partial charge in [0.2, 0.25) is 0 Å². The van der Waals surface area contributed by atoms with Crippen LogP contribution >= 0.6 is 0 Å². The van der Waals surface area contributed by atoms with Crippen molar-refractivity contribution < 1.29 is 9.47 Å². The summed E-state index contributed by atoms with van der Waals surface area (Å²) in [6, 6.07) is 4.28. The number of nitrogens with zero attached hydrogens (tertiary/aromatic N) is 4. The molecule has 6 heteroatoms. The zero-order chi connectivity index (χ0) is 17.3. The van der Waals surface area contributed by atoms with Gasteiger partial charge in [-0.15, -0.1) is 0 Å². The van der Waals surface area contributed by atoms with Crippen molar-refractivity contribution in [2.45, 2.75) is 51.0 Å². The van der Waals surface area contributed by atoms with Crippen molar-refractivity contribution in [3.05, 3.63) is 42.5 Å². The lowest BCUT2D eigenvalue weighted by molar-refractivity contribution is -0.188. The molecule has 2 aliphatic heterocycles. The molecule has 0 aliphatic carbocycles. The van der Waals surface area contributed by atoms with Gasteiger partial charge in [0.25, 0.3) is 0 Å². The molecule has 0 bridgehead atoms. The Bertz CT molecular complexity index is 694. The lowest BCUT2D eigenvalue weighted by Crippen LogP contribution is -2.65. The van der Waals surface area contributed by atoms with E-state index in [1.54, 1.807) is 12.4 Å². The number of aromatic nitrogens is 3. The van der Waals surface area contributed by atoms with Crippen LogP contribution in [0, 0.1) is 0 Å². The third-order valence-electron chi connectivity index (χ3n) is 5.00. The number of hydrogen-bond donors (Lipinski definition) is 0. The monoisotopic (exact) mass is 342 g/mol. The van der Waals surface area contributed by atoms with E-state index >= 15 is 0 Å². The van der Waals surface area contributed by atoms with Gasteiger partial charge in [0.1, 0.15) is 11.9 Å². The maximum absolute atomic E-state index is 6.12. The summed E-state index contributed by atoms with van der Waals surface area (Å²) in [4.78, 5) is 6.55. The van der Waals surface area contributed by atoms with Crippen molar-refractivity contribution in [2.24, 2.45) is 0 Å². The summed E-state index contributed by atoms with van der Waals surface area (Å²) in [5, 5.41) is 4.42. The van der Waals surface area contributed by atoms with E-state index in [0.29, 0.717) is 6.04 Å². The van der Waals surface area contributed by atoms with E-state index in [1.165, 1.54) is 5.56 Å². The van der Waals surface area contributed by atoms with E-state index < -0.39 is 0 Å². The van der Waals surface area contributed by atoms with Gasteiger partial charge >= 0.3 is 0 Å². The van der Waals surface area contributed by atoms with Crippen LogP contribution in [-0.2, 0) is 11.3 Å². The zero-order valence-corrected chi connectivity index (χ0v) is 15.0. The van der Waals surface area contributed by atoms with E-state index in [-0.39, 0.29) is 11.7 Å². The van der Waals surface area contributed by atoms with Gasteiger partial charge in [-0.25, -0.2) is 0 Å². The number of hydrogen-bond acceptors (Lipinski definition) is 5. The maximum Gasteiger partial charge on any atom is 0.138 e. The van der Waals surface area contributed by atoms with Crippen LogP contribution in [0.3, 0.4) is 0 Å². The molecule has 0 saturated carbocycles. The minimum Gasteiger partial charge on any atom is -0.489 e. The Morgan fingerprint density at radius 2 is 2.24 bits per heavy atom. The second-order valence-electron chi connectivity index (χ2n) is 7.52. The highest BCUT2D eigenvalue weighted by Crippen LogP contribution is 2.36. The minimum atomic E-state index is -0.0425. The topological polar surface area (TPSA) is 52.4 Å². The smallest absolute Gasteiger partial charge is 0.138 e. The van der Waals surface area contributed by atoms with Crippen LogP contribution in [0.1, 0.15) is 38.3 Å². The predicted molar refractivity (Wildman–Crippen MR) is 94.5 cm³/mol. The molecule has 0 aromatic carbocycles. The summed E-state index contributed by atoms with van der Waals surface area (Å²) in [6.07, 6.45) is 9.77. The third kappa shape index (κ3) is 3.70. The van der Waals surface area contributed by atoms with Gasteiger partial charge in [0.15, 0.2) is 0 Å². The normalized spacial score (nSPS) is 22.9. The summed E-state index contributed by atoms with van der Waals surface area (Å²) >= 11 is 0. The van der Waals surface area contributed by atoms with Crippen molar-refractivity contribution in [3.63, 3.8) is 0 Å². The van der Waals surface area contributed by atoms with E-state index in [4.69, 9.17) is 9.47 Å². The van der Waals surface area contributed by atoms with Gasteiger partial charge in [-0.1, -0.05) is 0 Å². The van der Waals surface area contributed by atoms with Crippen molar-refractivity contribution in [1.29, 1.82) is 0 Å². The molecule has 1 atom stereocenters. The summed E-state index contributed by atoms with van der Waals surface area (Å²) < 4.78 is 14.2. The van der Waals surface area contributed by atoms with Crippen LogP contribution in [0.5, 0.6) is 5.75 Å². The molecule has 4 heterocycles. The quantitative estimate of drug-likeness (QED) is 0.836. The van der Waals surface area contributed by atoms with Crippen molar-refractivity contribution in [3.8, 4) is 5.75 Å². The van der Waals surface area contributed by atoms with Crippen LogP contribution in [-0.4, -0.2) is 51.1 Å². The van der Waals surface area contributed by atoms with Gasteiger partial charge in [0, 0.05) is 56.5 Å². The molecule has 1 spiro atoms. The van der Waals surface area contributed by atoms with E-state index in [9.17, 15) is 0 Å². The van der Waals surface area contributed by atoms with Crippen molar-refractivity contribution >= 4 is 0 Å². The zero-order valence-electron chi connectivity index (χ0n) is 15.0. The molecule has 0 N–H and O–H groups in total. The minimum absolute atomic E-state index is 0.0425. The highest BCUT2D eigenvalue weighted by molar-refractivity contribution is 5.16. The standard InChI is InChI=1S/C19H26N4O2/c1-15(2)23-12-16(9-21-23)11-22-13-19(14-22)8-17(5-7-24-19)25-18-4-3-6-20-10-18/h3-4,6,9-10,12,15,17H,5,7-8,11,13-14H2,1-2H3/t17-/m0/s1. The first-order chi connectivity index (χ1) is 12.1. The summed E-state index contributed by atoms with van der Waals surface area (Å²) in [5.74, 6) is 0.849. The van der Waals surface area contributed by atoms with Crippen LogP contribution in [0.2, 0.25) is 0 Å². The van der Waals surface area contributed by atoms with Gasteiger partial charge < -0.3 is 9.47 Å². The molecule has 0 unspecified atom stereocenters. The summed E-state index contributed by atoms with van der Waals surface area (Å²) in [6.45, 7) is 7.93. The molecule has 0 radical (unpaired) electrons. The van der Waals surface area contributed by atoms with Crippen LogP contribution in [0.15, 0.2) is 36.9 Å². The fourth-order valence-electron chi connectivity index (χ4n) is 3.79. The van der Waals surface area contributed by atoms with Crippen LogP contribution in [0.4, 0.5) is 0 Å². The molecule has 25 heavy (non-hydrogen) atoms. The van der Waals surface area contributed by atoms with Gasteiger partial charge in [-0.2, -0.15) is 5.10 Å². The fourth-order valence-corrected chi connectivity index (χ4v) is 3.79. The molecule has 2 aromatic heterocycles. The van der Waals surface area contributed by atoms with Gasteiger partial charge in [0.05, 0.1) is 24.6 Å². The Kier molecular flexibility index (Phi) is 4.48. The Morgan fingerprint density at radius 3 is 2.96 bits per heavy atom. The average Bonchev–Trinajstić information content (AvgIpc) is 3.04. The molecule has 4 rings (SSSR count). The number of likely N-dealkylation sites (tertiary alicyclic amines) is 1. The summed E-state index contributed by atoms with van der Waals surface area (Å²) in [5.41, 5.74) is 1.22. The van der Waals surface area contributed by atoms with Crippen molar-refractivity contribution in [1.82, 2.24) is 19.7 Å². The molecule has 0 amide bonds. The molecule has 134 valence electrons. The molecule has 2 saturated heterocycles. The van der Waals surface area contributed by atoms with E-state index in [0.717, 1.165) is 44.8 Å². The Morgan fingerprint density at radius 1 is 1.36 bits per heavy atom. The number of ether oxygens (including phenoxy) is 2. The first-order valence-electron chi connectivity index (χ1n) is 9.08. The Labute approximate surface area is 148 Å². The molecule has 2 aliphatic rings. The lowest BCUT2D eigenvalue weighted by atomic mass is 9.84. The molecular weight excluding hydrogens is 316 g/mol. The molecule has 6 nitrogen and oxygen atoms in total. The number of pyridine rings is 1. The van der Waals surface area contributed by atoms with Crippen LogP contribution < -0.4 is 4.74 Å². The second-order valence-corrected chi connectivity index (χ2v) is 7.52. The largest absolute Gasteiger partial charge is 0.489 e. The predicted octanol–water partition coefficient (Wildman–Crippen LogP) is 2.67. The second kappa shape index (κ2) is 6.77. The highest BCUT2D eigenvalue weighted by Gasteiger charge is 2.48. The van der Waals surface area contributed by atoms with E-state index in [2.05, 4.69) is 35.0 Å². The maximum atomic E-state index is 6.12. The average molecular weight is 342 g/mol. The number of rotatable bonds is 5. The first-order valence-corrected chi connectivity index (χ1v) is 9.08. The third-order valence-corrected chi connectivity index (χ3v) is 5.00. The highest BCUT2D eigenvalue weighted by atomic mass is 16.5. The molecular formula is C19H26N4O2. The Balaban J connectivity index is 1.30.